The first kappa shape index (κ1) is 7.53. The Morgan fingerprint density at radius 3 is 2.64 bits per heavy atom. The van der Waals surface area contributed by atoms with E-state index in [4.69, 9.17) is 10.8 Å². The van der Waals surface area contributed by atoms with Gasteiger partial charge in [-0.2, -0.15) is 0 Å². The Balaban J connectivity index is 3.23. The van der Waals surface area contributed by atoms with Crippen LogP contribution < -0.4 is 5.73 Å². The van der Waals surface area contributed by atoms with Gasteiger partial charge in [-0.25, -0.2) is 0 Å². The Kier molecular flexibility index (Phi) is 1.76. The van der Waals surface area contributed by atoms with Crippen molar-refractivity contribution < 1.29 is 9.87 Å². The van der Waals surface area contributed by atoms with Crippen molar-refractivity contribution in [3.63, 3.8) is 0 Å². The molecule has 0 unspecified atom stereocenters. The summed E-state index contributed by atoms with van der Waals surface area (Å²) in [4.78, 5) is 10.7. The molecule has 0 aromatic heterocycles. The third kappa shape index (κ3) is 1.46. The lowest BCUT2D eigenvalue weighted by molar-refractivity contribution is -0.427. The van der Waals surface area contributed by atoms with Crippen LogP contribution in [-0.2, 0) is 0 Å². The maximum atomic E-state index is 10.7. The monoisotopic (exact) mass is 153 g/mol. The van der Waals surface area contributed by atoms with E-state index < -0.39 is 0 Å². The largest absolute Gasteiger partial charge is 0.508 e. The number of rotatable bonds is 1. The molecule has 4 heteroatoms. The van der Waals surface area contributed by atoms with E-state index in [9.17, 15) is 4.91 Å². The van der Waals surface area contributed by atoms with Crippen molar-refractivity contribution in [3.05, 3.63) is 23.1 Å². The fraction of sp³-hybridized carbons (Fsp3) is 0.143. The zero-order valence-electron chi connectivity index (χ0n) is 6.11. The summed E-state index contributed by atoms with van der Waals surface area (Å²) in [7, 11) is 1.32. The molecule has 1 aromatic rings. The van der Waals surface area contributed by atoms with Crippen LogP contribution in [0.15, 0.2) is 18.2 Å². The number of anilines is 1. The Morgan fingerprint density at radius 2 is 2.18 bits per heavy atom. The normalized spacial score (nSPS) is 9.55. The number of nitrogens with zero attached hydrogens (tertiary/aromatic N) is 1. The second kappa shape index (κ2) is 2.57. The molecule has 0 bridgehead atoms. The summed E-state index contributed by atoms with van der Waals surface area (Å²) in [6.45, 7) is 0. The van der Waals surface area contributed by atoms with E-state index in [1.807, 2.05) is 0 Å². The van der Waals surface area contributed by atoms with Gasteiger partial charge < -0.3 is 10.8 Å². The first-order valence-electron chi connectivity index (χ1n) is 3.10. The molecule has 0 spiro atoms. The van der Waals surface area contributed by atoms with Crippen LogP contribution >= 0.6 is 0 Å². The van der Waals surface area contributed by atoms with Gasteiger partial charge in [-0.1, -0.05) is 0 Å². The van der Waals surface area contributed by atoms with E-state index in [0.29, 0.717) is 10.4 Å². The number of aromatic hydroxyl groups is 1. The van der Waals surface area contributed by atoms with Crippen LogP contribution in [0.3, 0.4) is 0 Å². The summed E-state index contributed by atoms with van der Waals surface area (Å²) in [5.41, 5.74) is 6.08. The summed E-state index contributed by atoms with van der Waals surface area (Å²) in [5.74, 6) is 0.0388. The van der Waals surface area contributed by atoms with Gasteiger partial charge in [0.1, 0.15) is 11.4 Å². The second-order valence-corrected chi connectivity index (χ2v) is 2.24. The first-order valence-corrected chi connectivity index (χ1v) is 3.10. The smallest absolute Gasteiger partial charge is 0.281 e. The molecule has 11 heavy (non-hydrogen) atoms. The number of nitroso groups, excluding NO2 is 1. The van der Waals surface area contributed by atoms with Crippen molar-refractivity contribution in [2.75, 3.05) is 12.8 Å². The van der Waals surface area contributed by atoms with Gasteiger partial charge in [0.2, 0.25) is 0 Å². The molecule has 0 saturated heterocycles. The SMILES string of the molecule is C[N+](=O)c1cc(O)ccc1N. The predicted molar refractivity (Wildman–Crippen MR) is 41.7 cm³/mol. The van der Waals surface area contributed by atoms with Gasteiger partial charge in [-0.15, -0.1) is 0 Å². The number of benzene rings is 1. The van der Waals surface area contributed by atoms with Crippen LogP contribution in [0.2, 0.25) is 0 Å². The zero-order valence-corrected chi connectivity index (χ0v) is 6.11. The molecular formula is C7H9N2O2+. The molecule has 4 nitrogen and oxygen atoms in total. The lowest BCUT2D eigenvalue weighted by Gasteiger charge is -1.94. The lowest BCUT2D eigenvalue weighted by atomic mass is 10.2. The lowest BCUT2D eigenvalue weighted by Crippen LogP contribution is -1.96. The molecule has 0 radical (unpaired) electrons. The highest BCUT2D eigenvalue weighted by Crippen LogP contribution is 2.24. The van der Waals surface area contributed by atoms with Crippen LogP contribution in [-0.4, -0.2) is 16.9 Å². The van der Waals surface area contributed by atoms with E-state index in [2.05, 4.69) is 0 Å². The van der Waals surface area contributed by atoms with Gasteiger partial charge in [0.15, 0.2) is 7.05 Å². The molecule has 0 fully saturated rings. The van der Waals surface area contributed by atoms with E-state index in [0.717, 1.165) is 0 Å². The van der Waals surface area contributed by atoms with Crippen LogP contribution in [0.1, 0.15) is 0 Å². The maximum absolute atomic E-state index is 10.7. The second-order valence-electron chi connectivity index (χ2n) is 2.24. The Hall–Kier alpha value is -1.58. The van der Waals surface area contributed by atoms with Crippen molar-refractivity contribution >= 4 is 11.4 Å². The number of nitrogens with two attached hydrogens (primary N) is 1. The fourth-order valence-corrected chi connectivity index (χ4v) is 0.805. The molecule has 0 heterocycles. The van der Waals surface area contributed by atoms with Crippen LogP contribution in [0, 0.1) is 4.91 Å². The Labute approximate surface area is 63.8 Å². The van der Waals surface area contributed by atoms with Crippen molar-refractivity contribution in [3.8, 4) is 5.75 Å². The van der Waals surface area contributed by atoms with Crippen LogP contribution in [0.5, 0.6) is 5.75 Å². The Morgan fingerprint density at radius 1 is 1.55 bits per heavy atom. The zero-order chi connectivity index (χ0) is 8.43. The molecule has 0 atom stereocenters. The van der Waals surface area contributed by atoms with E-state index in [1.165, 1.54) is 25.2 Å². The van der Waals surface area contributed by atoms with Crippen LogP contribution in [0.25, 0.3) is 0 Å². The van der Waals surface area contributed by atoms with Gasteiger partial charge in [0, 0.05) is 9.67 Å². The minimum Gasteiger partial charge on any atom is -0.508 e. The molecule has 0 aliphatic heterocycles. The average Bonchev–Trinajstić information content (AvgIpc) is 1.94. The molecule has 0 amide bonds. The van der Waals surface area contributed by atoms with Crippen molar-refractivity contribution in [1.82, 2.24) is 0 Å². The minimum absolute atomic E-state index is 0.0388. The molecule has 0 aliphatic rings. The average molecular weight is 153 g/mol. The Bertz CT molecular complexity index is 296. The van der Waals surface area contributed by atoms with E-state index in [1.54, 1.807) is 0 Å². The summed E-state index contributed by atoms with van der Waals surface area (Å²) < 4.78 is 0.606. The highest BCUT2D eigenvalue weighted by Gasteiger charge is 2.11. The molecular weight excluding hydrogens is 144 g/mol. The third-order valence-electron chi connectivity index (χ3n) is 1.35. The van der Waals surface area contributed by atoms with Gasteiger partial charge in [-0.05, 0) is 12.1 Å². The molecule has 3 N–H and O–H groups in total. The number of nitrogen functional groups attached to an aromatic ring is 1. The van der Waals surface area contributed by atoms with E-state index in [-0.39, 0.29) is 11.4 Å². The standard InChI is InChI=1S/C7H8N2O2/c1-9(11)7-4-5(10)2-3-6(7)8/h2-4H,1H3,(H2-,8,10,11)/p+1. The third-order valence-corrected chi connectivity index (χ3v) is 1.35. The number of hydrogen-bond acceptors (Lipinski definition) is 3. The molecule has 58 valence electrons. The number of phenolic OH excluding ortho intramolecular Hbond substituents is 1. The quantitative estimate of drug-likeness (QED) is 0.359. The van der Waals surface area contributed by atoms with Gasteiger partial charge >= 0.3 is 0 Å². The number of hydrogen-bond donors (Lipinski definition) is 2. The highest BCUT2D eigenvalue weighted by atomic mass is 16.3. The maximum Gasteiger partial charge on any atom is 0.281 e. The minimum atomic E-state index is 0.0388. The summed E-state index contributed by atoms with van der Waals surface area (Å²) >= 11 is 0. The molecule has 1 aromatic carbocycles. The van der Waals surface area contributed by atoms with Crippen molar-refractivity contribution in [1.29, 1.82) is 0 Å². The van der Waals surface area contributed by atoms with Gasteiger partial charge in [0.05, 0.1) is 6.07 Å². The topological polar surface area (TPSA) is 66.3 Å². The predicted octanol–water partition coefficient (Wildman–Crippen LogP) is 1.01. The fourth-order valence-electron chi connectivity index (χ4n) is 0.805. The van der Waals surface area contributed by atoms with Gasteiger partial charge in [-0.3, -0.25) is 0 Å². The summed E-state index contributed by atoms with van der Waals surface area (Å²) in [5, 5.41) is 8.97. The van der Waals surface area contributed by atoms with Crippen LogP contribution in [0.4, 0.5) is 11.4 Å². The van der Waals surface area contributed by atoms with Crippen molar-refractivity contribution in [2.24, 2.45) is 0 Å². The van der Waals surface area contributed by atoms with Crippen molar-refractivity contribution in [2.45, 2.75) is 0 Å². The molecule has 1 rings (SSSR count). The summed E-state index contributed by atoms with van der Waals surface area (Å²) in [6.07, 6.45) is 0. The van der Waals surface area contributed by atoms with E-state index >= 15 is 0 Å². The van der Waals surface area contributed by atoms with Gasteiger partial charge in [0.25, 0.3) is 5.69 Å². The highest BCUT2D eigenvalue weighted by molar-refractivity contribution is 5.60. The molecule has 0 saturated carbocycles. The number of phenols is 1. The first-order chi connectivity index (χ1) is 5.11. The molecule has 0 aliphatic carbocycles. The summed E-state index contributed by atoms with van der Waals surface area (Å²) in [6, 6.07) is 4.24.